The average molecular weight is 466 g/mol. The van der Waals surface area contributed by atoms with E-state index in [0.29, 0.717) is 23.8 Å². The van der Waals surface area contributed by atoms with Gasteiger partial charge in [-0.3, -0.25) is 0 Å². The molecule has 32 heavy (non-hydrogen) atoms. The Labute approximate surface area is 198 Å². The summed E-state index contributed by atoms with van der Waals surface area (Å²) in [5.41, 5.74) is 3.70. The van der Waals surface area contributed by atoms with E-state index in [1.807, 2.05) is 24.3 Å². The van der Waals surface area contributed by atoms with Crippen molar-refractivity contribution in [2.75, 3.05) is 5.32 Å². The fourth-order valence-electron chi connectivity index (χ4n) is 5.89. The summed E-state index contributed by atoms with van der Waals surface area (Å²) >= 11 is 12.3. The fraction of sp³-hybridized carbons (Fsp3) is 0.296. The van der Waals surface area contributed by atoms with Crippen molar-refractivity contribution in [1.29, 1.82) is 0 Å². The van der Waals surface area contributed by atoms with Crippen LogP contribution in [-0.4, -0.2) is 16.6 Å². The van der Waals surface area contributed by atoms with Gasteiger partial charge < -0.3 is 10.4 Å². The third kappa shape index (κ3) is 3.58. The van der Waals surface area contributed by atoms with Crippen LogP contribution in [0.25, 0.3) is 0 Å². The molecule has 2 aliphatic rings. The van der Waals surface area contributed by atoms with Crippen molar-refractivity contribution in [3.8, 4) is 0 Å². The maximum absolute atomic E-state index is 12.5. The Balaban J connectivity index is 1.50. The normalized spacial score (nSPS) is 26.6. The summed E-state index contributed by atoms with van der Waals surface area (Å²) in [5.74, 6) is -0.489. The van der Waals surface area contributed by atoms with Crippen molar-refractivity contribution in [1.82, 2.24) is 0 Å². The zero-order chi connectivity index (χ0) is 22.3. The molecule has 3 aromatic rings. The van der Waals surface area contributed by atoms with Crippen molar-refractivity contribution in [2.24, 2.45) is 0 Å². The SMILES string of the molecule is O=C(O)C1(Nc2cccc(Cl)c2)CCC2(CC1)c1ccccc1C[C@H]2c1ccc(Cl)cc1. The van der Waals surface area contributed by atoms with Crippen LogP contribution in [0.5, 0.6) is 0 Å². The molecule has 1 fully saturated rings. The van der Waals surface area contributed by atoms with Gasteiger partial charge in [-0.15, -0.1) is 0 Å². The molecule has 0 unspecified atom stereocenters. The topological polar surface area (TPSA) is 49.3 Å². The second kappa shape index (κ2) is 8.13. The first-order valence-corrected chi connectivity index (χ1v) is 11.8. The van der Waals surface area contributed by atoms with Crippen LogP contribution < -0.4 is 5.32 Å². The molecule has 0 heterocycles. The van der Waals surface area contributed by atoms with Crippen LogP contribution in [0.2, 0.25) is 10.0 Å². The number of hydrogen-bond donors (Lipinski definition) is 2. The minimum Gasteiger partial charge on any atom is -0.480 e. The summed E-state index contributed by atoms with van der Waals surface area (Å²) < 4.78 is 0. The summed E-state index contributed by atoms with van der Waals surface area (Å²) in [5, 5.41) is 14.9. The summed E-state index contributed by atoms with van der Waals surface area (Å²) in [6.45, 7) is 0. The van der Waals surface area contributed by atoms with Gasteiger partial charge in [0.05, 0.1) is 0 Å². The Morgan fingerprint density at radius 2 is 1.59 bits per heavy atom. The number of carbonyl (C=O) groups is 1. The van der Waals surface area contributed by atoms with Crippen LogP contribution in [0.15, 0.2) is 72.8 Å². The van der Waals surface area contributed by atoms with Gasteiger partial charge in [0.1, 0.15) is 5.54 Å². The second-order valence-corrected chi connectivity index (χ2v) is 10.0. The molecule has 164 valence electrons. The number of halogens is 2. The lowest BCUT2D eigenvalue weighted by atomic mass is 9.59. The largest absolute Gasteiger partial charge is 0.480 e. The zero-order valence-corrected chi connectivity index (χ0v) is 19.2. The zero-order valence-electron chi connectivity index (χ0n) is 17.7. The molecule has 5 rings (SSSR count). The molecular formula is C27H25Cl2NO2. The Morgan fingerprint density at radius 3 is 2.28 bits per heavy atom. The van der Waals surface area contributed by atoms with Gasteiger partial charge in [-0.2, -0.15) is 0 Å². The van der Waals surface area contributed by atoms with Crippen molar-refractivity contribution in [3.05, 3.63) is 99.5 Å². The van der Waals surface area contributed by atoms with Crippen molar-refractivity contribution < 1.29 is 9.90 Å². The quantitative estimate of drug-likeness (QED) is 0.432. The van der Waals surface area contributed by atoms with Crippen molar-refractivity contribution in [3.63, 3.8) is 0 Å². The average Bonchev–Trinajstić information content (AvgIpc) is 3.10. The highest BCUT2D eigenvalue weighted by molar-refractivity contribution is 6.31. The molecule has 0 bridgehead atoms. The summed E-state index contributed by atoms with van der Waals surface area (Å²) in [4.78, 5) is 12.5. The van der Waals surface area contributed by atoms with Crippen LogP contribution in [-0.2, 0) is 16.6 Å². The molecule has 5 heteroatoms. The van der Waals surface area contributed by atoms with E-state index in [1.165, 1.54) is 16.7 Å². The third-order valence-electron chi connectivity index (χ3n) is 7.53. The minimum atomic E-state index is -1.00. The predicted molar refractivity (Wildman–Crippen MR) is 130 cm³/mol. The minimum absolute atomic E-state index is 0.0701. The highest BCUT2D eigenvalue weighted by atomic mass is 35.5. The van der Waals surface area contributed by atoms with Crippen LogP contribution in [0, 0.1) is 0 Å². The van der Waals surface area contributed by atoms with Crippen LogP contribution in [0.4, 0.5) is 5.69 Å². The maximum atomic E-state index is 12.5. The first kappa shape index (κ1) is 21.4. The van der Waals surface area contributed by atoms with Crippen molar-refractivity contribution in [2.45, 2.75) is 49.0 Å². The van der Waals surface area contributed by atoms with E-state index in [9.17, 15) is 9.90 Å². The number of carboxylic acid groups (broad SMARTS) is 1. The molecule has 1 saturated carbocycles. The number of rotatable bonds is 4. The molecule has 2 aliphatic carbocycles. The Kier molecular flexibility index (Phi) is 5.43. The van der Waals surface area contributed by atoms with Gasteiger partial charge in [0.15, 0.2) is 0 Å². The second-order valence-electron chi connectivity index (χ2n) is 9.14. The maximum Gasteiger partial charge on any atom is 0.329 e. The van der Waals surface area contributed by atoms with Gasteiger partial charge in [-0.1, -0.05) is 65.7 Å². The Hall–Kier alpha value is -2.49. The van der Waals surface area contributed by atoms with Crippen molar-refractivity contribution >= 4 is 34.9 Å². The third-order valence-corrected chi connectivity index (χ3v) is 8.02. The molecule has 0 radical (unpaired) electrons. The number of carboxylic acids is 1. The molecule has 1 spiro atoms. The Morgan fingerprint density at radius 1 is 0.875 bits per heavy atom. The van der Waals surface area contributed by atoms with E-state index >= 15 is 0 Å². The van der Waals surface area contributed by atoms with Gasteiger partial charge in [0, 0.05) is 21.1 Å². The van der Waals surface area contributed by atoms with Gasteiger partial charge >= 0.3 is 5.97 Å². The fourth-order valence-corrected chi connectivity index (χ4v) is 6.21. The van der Waals surface area contributed by atoms with Crippen LogP contribution in [0.1, 0.15) is 48.3 Å². The lowest BCUT2D eigenvalue weighted by molar-refractivity contribution is -0.144. The summed E-state index contributed by atoms with van der Waals surface area (Å²) in [6, 6.07) is 24.1. The molecular weight excluding hydrogens is 441 g/mol. The number of hydrogen-bond acceptors (Lipinski definition) is 2. The number of aliphatic carboxylic acids is 1. The molecule has 0 amide bonds. The number of nitrogens with one attached hydrogen (secondary N) is 1. The van der Waals surface area contributed by atoms with Crippen LogP contribution in [0.3, 0.4) is 0 Å². The molecule has 3 aromatic carbocycles. The van der Waals surface area contributed by atoms with Gasteiger partial charge in [0.25, 0.3) is 0 Å². The molecule has 0 saturated heterocycles. The molecule has 2 N–H and O–H groups in total. The summed E-state index contributed by atoms with van der Waals surface area (Å²) in [6.07, 6.45) is 3.68. The number of fused-ring (bicyclic) bond motifs is 2. The van der Waals surface area contributed by atoms with E-state index < -0.39 is 11.5 Å². The smallest absolute Gasteiger partial charge is 0.329 e. The Bertz CT molecular complexity index is 1150. The standard InChI is InChI=1S/C27H25Cl2NO2/c28-20-10-8-18(9-11-20)24-16-19-4-1-2-7-23(19)26(24)12-14-27(15-13-26,25(31)32)30-22-6-3-5-21(29)17-22/h1-11,17,24,30H,12-16H2,(H,31,32)/t24-,26?,27?/m0/s1. The number of benzene rings is 3. The molecule has 3 nitrogen and oxygen atoms in total. The monoisotopic (exact) mass is 465 g/mol. The van der Waals surface area contributed by atoms with Gasteiger partial charge in [-0.05, 0) is 85.0 Å². The van der Waals surface area contributed by atoms with E-state index in [4.69, 9.17) is 23.2 Å². The highest BCUT2D eigenvalue weighted by Crippen LogP contribution is 2.58. The lowest BCUT2D eigenvalue weighted by Crippen LogP contribution is -2.52. The van der Waals surface area contributed by atoms with Crippen LogP contribution >= 0.6 is 23.2 Å². The first-order valence-electron chi connectivity index (χ1n) is 11.0. The highest BCUT2D eigenvalue weighted by Gasteiger charge is 2.54. The lowest BCUT2D eigenvalue weighted by Gasteiger charge is -2.47. The molecule has 1 atom stereocenters. The van der Waals surface area contributed by atoms with E-state index in [0.717, 1.165) is 30.0 Å². The molecule has 0 aliphatic heterocycles. The van der Waals surface area contributed by atoms with Gasteiger partial charge in [0.2, 0.25) is 0 Å². The number of anilines is 1. The first-order chi connectivity index (χ1) is 15.4. The predicted octanol–water partition coefficient (Wildman–Crippen LogP) is 7.08. The molecule has 0 aromatic heterocycles. The van der Waals surface area contributed by atoms with Gasteiger partial charge in [-0.25, -0.2) is 4.79 Å². The summed E-state index contributed by atoms with van der Waals surface area (Å²) in [7, 11) is 0. The van der Waals surface area contributed by atoms with E-state index in [2.05, 4.69) is 41.7 Å². The van der Waals surface area contributed by atoms with E-state index in [-0.39, 0.29) is 5.41 Å². The van der Waals surface area contributed by atoms with E-state index in [1.54, 1.807) is 12.1 Å².